The van der Waals surface area contributed by atoms with Crippen molar-refractivity contribution in [3.05, 3.63) is 101 Å². The summed E-state index contributed by atoms with van der Waals surface area (Å²) in [6, 6.07) is 21.9. The van der Waals surface area contributed by atoms with E-state index in [0.29, 0.717) is 11.3 Å². The van der Waals surface area contributed by atoms with E-state index in [1.807, 2.05) is 49.4 Å². The zero-order chi connectivity index (χ0) is 28.4. The minimum Gasteiger partial charge on any atom is -0.357 e. The third kappa shape index (κ3) is 8.38. The van der Waals surface area contributed by atoms with Crippen LogP contribution in [0.25, 0.3) is 0 Å². The van der Waals surface area contributed by atoms with Crippen LogP contribution in [0, 0.1) is 5.82 Å². The minimum absolute atomic E-state index is 0.0181. The predicted octanol–water partition coefficient (Wildman–Crippen LogP) is 4.32. The van der Waals surface area contributed by atoms with Gasteiger partial charge in [0.25, 0.3) is 0 Å². The van der Waals surface area contributed by atoms with Crippen LogP contribution < -0.4 is 9.62 Å². The van der Waals surface area contributed by atoms with Gasteiger partial charge in [0.1, 0.15) is 11.9 Å². The van der Waals surface area contributed by atoms with Gasteiger partial charge in [-0.25, -0.2) is 12.8 Å². The first-order valence-corrected chi connectivity index (χ1v) is 14.8. The lowest BCUT2D eigenvalue weighted by Gasteiger charge is -2.31. The lowest BCUT2D eigenvalue weighted by molar-refractivity contribution is -0.141. The number of hydrogen-bond acceptors (Lipinski definition) is 4. The molecule has 0 saturated carbocycles. The molecule has 2 amide bonds. The van der Waals surface area contributed by atoms with E-state index in [2.05, 4.69) is 5.32 Å². The van der Waals surface area contributed by atoms with Crippen molar-refractivity contribution in [2.75, 3.05) is 24.2 Å². The van der Waals surface area contributed by atoms with E-state index >= 15 is 0 Å². The highest BCUT2D eigenvalue weighted by molar-refractivity contribution is 7.92. The number of nitrogens with one attached hydrogen (secondary N) is 1. The zero-order valence-electron chi connectivity index (χ0n) is 22.6. The highest BCUT2D eigenvalue weighted by Crippen LogP contribution is 2.21. The van der Waals surface area contributed by atoms with Crippen LogP contribution in [-0.2, 0) is 39.0 Å². The number of amides is 2. The zero-order valence-corrected chi connectivity index (χ0v) is 23.5. The topological polar surface area (TPSA) is 86.8 Å². The number of halogens is 1. The number of nitrogens with zero attached hydrogens (tertiary/aromatic N) is 2. The van der Waals surface area contributed by atoms with E-state index in [9.17, 15) is 22.4 Å². The van der Waals surface area contributed by atoms with Crippen LogP contribution in [0.4, 0.5) is 10.1 Å². The average Bonchev–Trinajstić information content (AvgIpc) is 2.93. The predicted molar refractivity (Wildman–Crippen MR) is 152 cm³/mol. The number of carbonyl (C=O) groups is 2. The number of carbonyl (C=O) groups excluding carboxylic acids is 2. The second kappa shape index (κ2) is 13.9. The van der Waals surface area contributed by atoms with Gasteiger partial charge in [-0.05, 0) is 42.2 Å². The number of hydrogen-bond donors (Lipinski definition) is 1. The van der Waals surface area contributed by atoms with Crippen molar-refractivity contribution < 1.29 is 22.4 Å². The van der Waals surface area contributed by atoms with E-state index in [1.165, 1.54) is 22.3 Å². The Morgan fingerprint density at radius 3 is 2.15 bits per heavy atom. The Morgan fingerprint density at radius 1 is 0.923 bits per heavy atom. The molecule has 3 rings (SSSR count). The van der Waals surface area contributed by atoms with Gasteiger partial charge in [-0.3, -0.25) is 13.9 Å². The van der Waals surface area contributed by atoms with Gasteiger partial charge in [0.2, 0.25) is 21.8 Å². The molecule has 0 aliphatic carbocycles. The Labute approximate surface area is 230 Å². The number of sulfonamides is 1. The van der Waals surface area contributed by atoms with Gasteiger partial charge >= 0.3 is 0 Å². The van der Waals surface area contributed by atoms with Crippen LogP contribution >= 0.6 is 0 Å². The number of rotatable bonds is 13. The third-order valence-corrected chi connectivity index (χ3v) is 7.79. The molecule has 0 aromatic heterocycles. The molecule has 0 fully saturated rings. The first-order valence-electron chi connectivity index (χ1n) is 13.0. The first-order chi connectivity index (χ1) is 18.6. The number of benzene rings is 3. The smallest absolute Gasteiger partial charge is 0.242 e. The average molecular weight is 554 g/mol. The molecule has 0 aliphatic rings. The lowest BCUT2D eigenvalue weighted by atomic mass is 10.0. The molecule has 0 bridgehead atoms. The van der Waals surface area contributed by atoms with Gasteiger partial charge in [0.05, 0.1) is 11.9 Å². The largest absolute Gasteiger partial charge is 0.357 e. The van der Waals surface area contributed by atoms with Gasteiger partial charge in [-0.1, -0.05) is 67.6 Å². The minimum atomic E-state index is -3.59. The molecule has 1 atom stereocenters. The molecule has 3 aromatic carbocycles. The molecule has 39 heavy (non-hydrogen) atoms. The molecule has 0 saturated heterocycles. The maximum atomic E-state index is 14.6. The number of aryl methyl sites for hydroxylation is 1. The van der Waals surface area contributed by atoms with Crippen LogP contribution in [-0.4, -0.2) is 51.0 Å². The highest BCUT2D eigenvalue weighted by atomic mass is 32.2. The number of anilines is 1. The maximum absolute atomic E-state index is 14.6. The first kappa shape index (κ1) is 29.8. The van der Waals surface area contributed by atoms with Crippen molar-refractivity contribution in [2.24, 2.45) is 0 Å². The van der Waals surface area contributed by atoms with Crippen molar-refractivity contribution in [2.45, 2.75) is 45.2 Å². The summed E-state index contributed by atoms with van der Waals surface area (Å²) in [4.78, 5) is 28.0. The van der Waals surface area contributed by atoms with Gasteiger partial charge in [0, 0.05) is 38.5 Å². The SMILES string of the molecule is CCc1ccc(N(CCCC(=O)N(Cc2ccccc2F)[C@H](Cc2ccccc2)C(=O)NC)S(C)(=O)=O)cc1. The number of likely N-dealkylation sites (N-methyl/N-ethyl adjacent to an activating group) is 1. The van der Waals surface area contributed by atoms with Gasteiger partial charge in [-0.2, -0.15) is 0 Å². The summed E-state index contributed by atoms with van der Waals surface area (Å²) in [7, 11) is -2.09. The molecular formula is C30H36FN3O4S. The van der Waals surface area contributed by atoms with E-state index in [4.69, 9.17) is 0 Å². The fraction of sp³-hybridized carbons (Fsp3) is 0.333. The Hall–Kier alpha value is -3.72. The van der Waals surface area contributed by atoms with Crippen molar-refractivity contribution in [1.82, 2.24) is 10.2 Å². The fourth-order valence-corrected chi connectivity index (χ4v) is 5.40. The summed E-state index contributed by atoms with van der Waals surface area (Å²) < 4.78 is 41.0. The lowest BCUT2D eigenvalue weighted by Crippen LogP contribution is -2.50. The Kier molecular flexibility index (Phi) is 10.6. The second-order valence-electron chi connectivity index (χ2n) is 9.39. The Morgan fingerprint density at radius 2 is 1.56 bits per heavy atom. The third-order valence-electron chi connectivity index (χ3n) is 6.60. The highest BCUT2D eigenvalue weighted by Gasteiger charge is 2.30. The molecular weight excluding hydrogens is 517 g/mol. The standard InChI is InChI=1S/C30H36FN3O4S/c1-4-23-16-18-26(19-17-23)34(39(3,37)38)20-10-15-29(35)33(22-25-13-8-9-14-27(25)31)28(30(36)32-2)21-24-11-6-5-7-12-24/h5-9,11-14,16-19,28H,4,10,15,20-22H2,1-3H3,(H,32,36)/t28-/m1/s1. The summed E-state index contributed by atoms with van der Waals surface area (Å²) in [5.41, 5.74) is 2.76. The summed E-state index contributed by atoms with van der Waals surface area (Å²) in [5, 5.41) is 2.63. The quantitative estimate of drug-likeness (QED) is 0.342. The molecule has 9 heteroatoms. The normalized spacial score (nSPS) is 12.0. The molecule has 1 N–H and O–H groups in total. The van der Waals surface area contributed by atoms with Gasteiger partial charge < -0.3 is 10.2 Å². The molecule has 0 heterocycles. The monoisotopic (exact) mass is 553 g/mol. The summed E-state index contributed by atoms with van der Waals surface area (Å²) in [5.74, 6) is -1.20. The van der Waals surface area contributed by atoms with Crippen molar-refractivity contribution >= 4 is 27.5 Å². The van der Waals surface area contributed by atoms with Crippen LogP contribution in [0.3, 0.4) is 0 Å². The van der Waals surface area contributed by atoms with Gasteiger partial charge in [-0.15, -0.1) is 0 Å². The van der Waals surface area contributed by atoms with E-state index < -0.39 is 21.9 Å². The summed E-state index contributed by atoms with van der Waals surface area (Å²) in [6.07, 6.45) is 2.42. The van der Waals surface area contributed by atoms with Gasteiger partial charge in [0.15, 0.2) is 0 Å². The summed E-state index contributed by atoms with van der Waals surface area (Å²) >= 11 is 0. The molecule has 3 aromatic rings. The Bertz CT molecular complexity index is 1350. The molecule has 0 radical (unpaired) electrons. The molecule has 0 unspecified atom stereocenters. The van der Waals surface area contributed by atoms with Crippen LogP contribution in [0.2, 0.25) is 0 Å². The van der Waals surface area contributed by atoms with E-state index in [0.717, 1.165) is 23.8 Å². The summed E-state index contributed by atoms with van der Waals surface area (Å²) in [6.45, 7) is 2.02. The molecule has 0 aliphatic heterocycles. The van der Waals surface area contributed by atoms with E-state index in [-0.39, 0.29) is 44.2 Å². The molecule has 7 nitrogen and oxygen atoms in total. The van der Waals surface area contributed by atoms with Crippen molar-refractivity contribution in [3.8, 4) is 0 Å². The van der Waals surface area contributed by atoms with Crippen LogP contribution in [0.15, 0.2) is 78.9 Å². The van der Waals surface area contributed by atoms with Crippen molar-refractivity contribution in [3.63, 3.8) is 0 Å². The van der Waals surface area contributed by atoms with Crippen LogP contribution in [0.5, 0.6) is 0 Å². The van der Waals surface area contributed by atoms with E-state index in [1.54, 1.807) is 30.3 Å². The van der Waals surface area contributed by atoms with Crippen molar-refractivity contribution in [1.29, 1.82) is 0 Å². The van der Waals surface area contributed by atoms with Crippen LogP contribution in [0.1, 0.15) is 36.5 Å². The second-order valence-corrected chi connectivity index (χ2v) is 11.3. The fourth-order valence-electron chi connectivity index (χ4n) is 4.43. The Balaban J connectivity index is 1.84. The molecule has 0 spiro atoms. The maximum Gasteiger partial charge on any atom is 0.242 e. The molecule has 208 valence electrons.